The Labute approximate surface area is 85.4 Å². The van der Waals surface area contributed by atoms with Gasteiger partial charge in [-0.25, -0.2) is 13.1 Å². The van der Waals surface area contributed by atoms with Crippen LogP contribution in [0.4, 0.5) is 0 Å². The van der Waals surface area contributed by atoms with Gasteiger partial charge in [0.1, 0.15) is 0 Å². The van der Waals surface area contributed by atoms with Gasteiger partial charge in [0.15, 0.2) is 5.25 Å². The molecule has 1 aliphatic rings. The van der Waals surface area contributed by atoms with Gasteiger partial charge in [-0.3, -0.25) is 0 Å². The van der Waals surface area contributed by atoms with Gasteiger partial charge in [-0.05, 0) is 32.6 Å². The van der Waals surface area contributed by atoms with Gasteiger partial charge in [-0.1, -0.05) is 6.92 Å². The van der Waals surface area contributed by atoms with Crippen molar-refractivity contribution in [1.29, 1.82) is 5.26 Å². The summed E-state index contributed by atoms with van der Waals surface area (Å²) in [5.41, 5.74) is -0.302. The second kappa shape index (κ2) is 3.87. The van der Waals surface area contributed by atoms with E-state index in [1.165, 1.54) is 0 Å². The lowest BCUT2D eigenvalue weighted by atomic mass is 9.80. The van der Waals surface area contributed by atoms with Gasteiger partial charge in [-0.15, -0.1) is 0 Å². The summed E-state index contributed by atoms with van der Waals surface area (Å²) in [5, 5.41) is 7.76. The highest BCUT2D eigenvalue weighted by Crippen LogP contribution is 2.32. The third kappa shape index (κ3) is 2.25. The van der Waals surface area contributed by atoms with Crippen LogP contribution in [0.3, 0.4) is 0 Å². The fourth-order valence-electron chi connectivity index (χ4n) is 1.60. The molecule has 1 N–H and O–H groups in total. The van der Waals surface area contributed by atoms with Crippen molar-refractivity contribution in [3.63, 3.8) is 0 Å². The topological polar surface area (TPSA) is 70.0 Å². The van der Waals surface area contributed by atoms with Crippen molar-refractivity contribution in [3.8, 4) is 6.07 Å². The zero-order valence-corrected chi connectivity index (χ0v) is 9.39. The molecule has 0 aromatic heterocycles. The van der Waals surface area contributed by atoms with Crippen LogP contribution >= 0.6 is 0 Å². The summed E-state index contributed by atoms with van der Waals surface area (Å²) in [6.07, 6.45) is 3.13. The number of nitriles is 1. The molecule has 0 radical (unpaired) electrons. The van der Waals surface area contributed by atoms with E-state index < -0.39 is 15.3 Å². The molecule has 0 aliphatic heterocycles. The Bertz CT molecular complexity index is 338. The molecule has 1 saturated carbocycles. The van der Waals surface area contributed by atoms with E-state index in [2.05, 4.69) is 4.72 Å². The summed E-state index contributed by atoms with van der Waals surface area (Å²) >= 11 is 0. The first-order chi connectivity index (χ1) is 6.43. The van der Waals surface area contributed by atoms with Crippen LogP contribution in [0.25, 0.3) is 0 Å². The normalized spacial score (nSPS) is 22.1. The van der Waals surface area contributed by atoms with Crippen molar-refractivity contribution in [3.05, 3.63) is 0 Å². The van der Waals surface area contributed by atoms with Crippen LogP contribution in [0.2, 0.25) is 0 Å². The van der Waals surface area contributed by atoms with E-state index in [9.17, 15) is 8.42 Å². The van der Waals surface area contributed by atoms with Crippen molar-refractivity contribution >= 4 is 10.0 Å². The van der Waals surface area contributed by atoms with Gasteiger partial charge in [0.05, 0.1) is 6.07 Å². The molecule has 0 spiro atoms. The summed E-state index contributed by atoms with van der Waals surface area (Å²) in [5.74, 6) is 0. The molecule has 4 nitrogen and oxygen atoms in total. The zero-order chi connectivity index (χ0) is 10.8. The second-order valence-electron chi connectivity index (χ2n) is 4.09. The number of sulfonamides is 1. The number of rotatable bonds is 4. The predicted molar refractivity (Wildman–Crippen MR) is 54.0 cm³/mol. The maximum Gasteiger partial charge on any atom is 0.228 e. The minimum absolute atomic E-state index is 0.302. The smallest absolute Gasteiger partial charge is 0.211 e. The molecule has 0 bridgehead atoms. The Kier molecular flexibility index (Phi) is 3.17. The highest BCUT2D eigenvalue weighted by Gasteiger charge is 2.38. The molecule has 0 aromatic rings. The molecule has 1 fully saturated rings. The SMILES string of the molecule is CCC(C#N)S(=O)(=O)NC1(C)CCC1. The molecule has 0 amide bonds. The first-order valence-electron chi connectivity index (χ1n) is 4.86. The van der Waals surface area contributed by atoms with Gasteiger partial charge in [0.25, 0.3) is 0 Å². The summed E-state index contributed by atoms with van der Waals surface area (Å²) in [7, 11) is -3.45. The maximum atomic E-state index is 11.7. The molecule has 14 heavy (non-hydrogen) atoms. The van der Waals surface area contributed by atoms with Crippen LogP contribution in [-0.4, -0.2) is 19.2 Å². The van der Waals surface area contributed by atoms with E-state index in [-0.39, 0.29) is 5.54 Å². The second-order valence-corrected chi connectivity index (χ2v) is 5.95. The Balaban J connectivity index is 2.71. The van der Waals surface area contributed by atoms with Crippen LogP contribution in [0, 0.1) is 11.3 Å². The fraction of sp³-hybridized carbons (Fsp3) is 0.889. The highest BCUT2D eigenvalue weighted by atomic mass is 32.2. The first-order valence-corrected chi connectivity index (χ1v) is 6.40. The average molecular weight is 216 g/mol. The number of nitrogens with zero attached hydrogens (tertiary/aromatic N) is 1. The molecule has 1 atom stereocenters. The molecule has 0 saturated heterocycles. The molecule has 0 heterocycles. The Morgan fingerprint density at radius 2 is 2.14 bits per heavy atom. The van der Waals surface area contributed by atoms with Gasteiger partial charge in [0.2, 0.25) is 10.0 Å². The molecular weight excluding hydrogens is 200 g/mol. The predicted octanol–water partition coefficient (Wildman–Crippen LogP) is 1.15. The van der Waals surface area contributed by atoms with Crippen molar-refractivity contribution in [2.24, 2.45) is 0 Å². The maximum absolute atomic E-state index is 11.7. The lowest BCUT2D eigenvalue weighted by Gasteiger charge is -2.39. The van der Waals surface area contributed by atoms with Crippen LogP contribution in [0.15, 0.2) is 0 Å². The lowest BCUT2D eigenvalue weighted by molar-refractivity contribution is 0.247. The monoisotopic (exact) mass is 216 g/mol. The largest absolute Gasteiger partial charge is 0.228 e. The Hall–Kier alpha value is -0.600. The summed E-state index contributed by atoms with van der Waals surface area (Å²) in [6, 6.07) is 1.81. The Morgan fingerprint density at radius 3 is 2.43 bits per heavy atom. The molecule has 0 aromatic carbocycles. The van der Waals surface area contributed by atoms with Crippen LogP contribution in [-0.2, 0) is 10.0 Å². The van der Waals surface area contributed by atoms with E-state index in [1.807, 2.05) is 13.0 Å². The molecule has 5 heteroatoms. The molecule has 1 aliphatic carbocycles. The number of hydrogen-bond acceptors (Lipinski definition) is 3. The standard InChI is InChI=1S/C9H16N2O2S/c1-3-8(7-10)14(12,13)11-9(2)5-4-6-9/h8,11H,3-6H2,1-2H3. The highest BCUT2D eigenvalue weighted by molar-refractivity contribution is 7.90. The fourth-order valence-corrected chi connectivity index (χ4v) is 3.21. The summed E-state index contributed by atoms with van der Waals surface area (Å²) < 4.78 is 26.0. The number of nitrogens with one attached hydrogen (secondary N) is 1. The molecule has 1 unspecified atom stereocenters. The third-order valence-electron chi connectivity index (χ3n) is 2.74. The quantitative estimate of drug-likeness (QED) is 0.766. The van der Waals surface area contributed by atoms with Crippen molar-refractivity contribution in [2.75, 3.05) is 0 Å². The number of hydrogen-bond donors (Lipinski definition) is 1. The lowest BCUT2D eigenvalue weighted by Crippen LogP contribution is -2.53. The van der Waals surface area contributed by atoms with Crippen LogP contribution in [0.5, 0.6) is 0 Å². The van der Waals surface area contributed by atoms with E-state index in [0.29, 0.717) is 6.42 Å². The van der Waals surface area contributed by atoms with E-state index in [4.69, 9.17) is 5.26 Å². The van der Waals surface area contributed by atoms with Gasteiger partial charge >= 0.3 is 0 Å². The first kappa shape index (κ1) is 11.5. The molecule has 80 valence electrons. The summed E-state index contributed by atoms with van der Waals surface area (Å²) in [4.78, 5) is 0. The van der Waals surface area contributed by atoms with Crippen LogP contribution in [0.1, 0.15) is 39.5 Å². The molecular formula is C9H16N2O2S. The van der Waals surface area contributed by atoms with E-state index in [1.54, 1.807) is 6.92 Å². The van der Waals surface area contributed by atoms with Gasteiger partial charge in [0, 0.05) is 5.54 Å². The Morgan fingerprint density at radius 1 is 1.57 bits per heavy atom. The zero-order valence-electron chi connectivity index (χ0n) is 8.58. The van der Waals surface area contributed by atoms with Gasteiger partial charge < -0.3 is 0 Å². The minimum Gasteiger partial charge on any atom is -0.211 e. The van der Waals surface area contributed by atoms with Crippen LogP contribution < -0.4 is 4.72 Å². The average Bonchev–Trinajstić information content (AvgIpc) is 2.02. The third-order valence-corrected chi connectivity index (χ3v) is 4.70. The van der Waals surface area contributed by atoms with E-state index in [0.717, 1.165) is 19.3 Å². The van der Waals surface area contributed by atoms with Gasteiger partial charge in [-0.2, -0.15) is 5.26 Å². The van der Waals surface area contributed by atoms with Crippen molar-refractivity contribution in [1.82, 2.24) is 4.72 Å². The molecule has 1 rings (SSSR count). The summed E-state index contributed by atoms with van der Waals surface area (Å²) in [6.45, 7) is 3.59. The van der Waals surface area contributed by atoms with E-state index >= 15 is 0 Å². The van der Waals surface area contributed by atoms with Crippen molar-refractivity contribution in [2.45, 2.75) is 50.3 Å². The van der Waals surface area contributed by atoms with Crippen molar-refractivity contribution < 1.29 is 8.42 Å². The minimum atomic E-state index is -3.45.